The Morgan fingerprint density at radius 2 is 2.25 bits per heavy atom. The highest BCUT2D eigenvalue weighted by molar-refractivity contribution is 9.11. The predicted molar refractivity (Wildman–Crippen MR) is 73.3 cm³/mol. The lowest BCUT2D eigenvalue weighted by Crippen LogP contribution is -2.29. The van der Waals surface area contributed by atoms with Crippen LogP contribution < -0.4 is 0 Å². The van der Waals surface area contributed by atoms with Crippen LogP contribution in [-0.2, 0) is 0 Å². The molecule has 16 heavy (non-hydrogen) atoms. The van der Waals surface area contributed by atoms with Crippen LogP contribution in [0.5, 0.6) is 0 Å². The van der Waals surface area contributed by atoms with Gasteiger partial charge >= 0.3 is 0 Å². The molecular weight excluding hydrogens is 286 g/mol. The van der Waals surface area contributed by atoms with E-state index >= 15 is 0 Å². The van der Waals surface area contributed by atoms with Gasteiger partial charge in [0.25, 0.3) is 0 Å². The third kappa shape index (κ3) is 4.36. The summed E-state index contributed by atoms with van der Waals surface area (Å²) in [4.78, 5) is 14.8. The van der Waals surface area contributed by atoms with Gasteiger partial charge in [0.05, 0.1) is 15.2 Å². The highest BCUT2D eigenvalue weighted by Gasteiger charge is 2.12. The van der Waals surface area contributed by atoms with Crippen LogP contribution in [0.15, 0.2) is 15.9 Å². The van der Waals surface area contributed by atoms with Crippen LogP contribution in [0.2, 0.25) is 0 Å². The van der Waals surface area contributed by atoms with E-state index in [0.29, 0.717) is 12.5 Å². The number of rotatable bonds is 6. The first-order valence-corrected chi connectivity index (χ1v) is 7.11. The van der Waals surface area contributed by atoms with Crippen molar-refractivity contribution >= 4 is 33.0 Å². The fourth-order valence-corrected chi connectivity index (χ4v) is 2.83. The van der Waals surface area contributed by atoms with Crippen LogP contribution in [0.25, 0.3) is 0 Å². The Labute approximate surface area is 110 Å². The normalized spacial score (nSPS) is 13.1. The molecular formula is C12H18BrNOS. The fourth-order valence-electron chi connectivity index (χ4n) is 1.51. The van der Waals surface area contributed by atoms with Gasteiger partial charge in [0.1, 0.15) is 0 Å². The van der Waals surface area contributed by atoms with E-state index in [1.54, 1.807) is 0 Å². The molecule has 0 aliphatic rings. The topological polar surface area (TPSA) is 20.3 Å². The number of halogens is 1. The van der Waals surface area contributed by atoms with E-state index in [4.69, 9.17) is 0 Å². The molecule has 0 bridgehead atoms. The zero-order valence-corrected chi connectivity index (χ0v) is 12.4. The van der Waals surface area contributed by atoms with Gasteiger partial charge in [0.15, 0.2) is 5.78 Å². The number of Topliss-reactive ketones (excluding diaryl/α,β-unsaturated/α-hetero) is 1. The highest BCUT2D eigenvalue weighted by Crippen LogP contribution is 2.22. The van der Waals surface area contributed by atoms with Crippen LogP contribution in [-0.4, -0.2) is 30.8 Å². The number of ketones is 1. The van der Waals surface area contributed by atoms with Crippen LogP contribution >= 0.6 is 27.3 Å². The summed E-state index contributed by atoms with van der Waals surface area (Å²) in [5.74, 6) is 0.856. The van der Waals surface area contributed by atoms with Gasteiger partial charge in [-0.2, -0.15) is 0 Å². The molecule has 4 heteroatoms. The number of hydrogen-bond donors (Lipinski definition) is 0. The van der Waals surface area contributed by atoms with Gasteiger partial charge in [0.2, 0.25) is 0 Å². The van der Waals surface area contributed by atoms with Crippen molar-refractivity contribution < 1.29 is 4.79 Å². The Hall–Kier alpha value is -0.190. The molecule has 1 unspecified atom stereocenters. The molecule has 0 radical (unpaired) electrons. The number of carbonyl (C=O) groups is 1. The van der Waals surface area contributed by atoms with Crippen LogP contribution in [0, 0.1) is 5.92 Å². The van der Waals surface area contributed by atoms with Gasteiger partial charge in [0, 0.05) is 6.54 Å². The average Bonchev–Trinajstić information content (AvgIpc) is 2.64. The summed E-state index contributed by atoms with van der Waals surface area (Å²) in [6.07, 6.45) is 1.16. The molecule has 0 aliphatic heterocycles. The zero-order valence-electron chi connectivity index (χ0n) is 10.00. The van der Waals surface area contributed by atoms with Crippen molar-refractivity contribution in [3.63, 3.8) is 0 Å². The number of hydrogen-bond acceptors (Lipinski definition) is 3. The smallest absolute Gasteiger partial charge is 0.186 e. The maximum absolute atomic E-state index is 11.9. The minimum absolute atomic E-state index is 0.210. The second-order valence-corrected chi connectivity index (χ2v) is 6.70. The number of likely N-dealkylation sites (N-methyl/N-ethyl adjacent to an activating group) is 1. The third-order valence-corrected chi connectivity index (χ3v) is 4.25. The standard InChI is InChI=1S/C12H18BrNOS/c1-4-9(2)7-14(3)8-10(15)11-5-6-12(13)16-11/h5-6,9H,4,7-8H2,1-3H3. The molecule has 1 aromatic rings. The minimum Gasteiger partial charge on any atom is -0.299 e. The van der Waals surface area contributed by atoms with Gasteiger partial charge in [-0.25, -0.2) is 0 Å². The Balaban J connectivity index is 2.45. The van der Waals surface area contributed by atoms with Crippen molar-refractivity contribution in [3.8, 4) is 0 Å². The second-order valence-electron chi connectivity index (χ2n) is 4.24. The lowest BCUT2D eigenvalue weighted by atomic mass is 10.1. The first-order valence-electron chi connectivity index (χ1n) is 5.50. The number of nitrogens with zero attached hydrogens (tertiary/aromatic N) is 1. The van der Waals surface area contributed by atoms with E-state index in [2.05, 4.69) is 34.7 Å². The molecule has 0 saturated carbocycles. The van der Waals surface area contributed by atoms with Gasteiger partial charge in [-0.1, -0.05) is 20.3 Å². The Bertz CT molecular complexity index is 351. The summed E-state index contributed by atoms with van der Waals surface area (Å²) in [5, 5.41) is 0. The Morgan fingerprint density at radius 3 is 2.75 bits per heavy atom. The summed E-state index contributed by atoms with van der Waals surface area (Å²) in [6, 6.07) is 3.81. The SMILES string of the molecule is CCC(C)CN(C)CC(=O)c1ccc(Br)s1. The zero-order chi connectivity index (χ0) is 12.1. The summed E-state index contributed by atoms with van der Waals surface area (Å²) >= 11 is 4.87. The van der Waals surface area contributed by atoms with Crippen molar-refractivity contribution in [2.75, 3.05) is 20.1 Å². The van der Waals surface area contributed by atoms with Gasteiger partial charge in [-0.15, -0.1) is 11.3 Å². The fraction of sp³-hybridized carbons (Fsp3) is 0.583. The van der Waals surface area contributed by atoms with Gasteiger partial charge in [-0.3, -0.25) is 9.69 Å². The monoisotopic (exact) mass is 303 g/mol. The summed E-state index contributed by atoms with van der Waals surface area (Å²) in [6.45, 7) is 5.88. The van der Waals surface area contributed by atoms with Crippen LogP contribution in [0.3, 0.4) is 0 Å². The highest BCUT2D eigenvalue weighted by atomic mass is 79.9. The molecule has 1 rings (SSSR count). The quantitative estimate of drug-likeness (QED) is 0.747. The lowest BCUT2D eigenvalue weighted by molar-refractivity contribution is 0.0943. The largest absolute Gasteiger partial charge is 0.299 e. The lowest BCUT2D eigenvalue weighted by Gasteiger charge is -2.19. The Morgan fingerprint density at radius 1 is 1.56 bits per heavy atom. The van der Waals surface area contributed by atoms with Crippen LogP contribution in [0.4, 0.5) is 0 Å². The molecule has 0 fully saturated rings. The summed E-state index contributed by atoms with van der Waals surface area (Å²) in [7, 11) is 2.01. The van der Waals surface area contributed by atoms with Gasteiger partial charge < -0.3 is 0 Å². The average molecular weight is 304 g/mol. The third-order valence-electron chi connectivity index (χ3n) is 2.58. The molecule has 0 aromatic carbocycles. The predicted octanol–water partition coefficient (Wildman–Crippen LogP) is 3.67. The second kappa shape index (κ2) is 6.52. The van der Waals surface area contributed by atoms with Crippen molar-refractivity contribution in [1.29, 1.82) is 0 Å². The molecule has 0 amide bonds. The summed E-state index contributed by atoms with van der Waals surface area (Å²) in [5.41, 5.74) is 0. The molecule has 0 spiro atoms. The molecule has 1 heterocycles. The maximum Gasteiger partial charge on any atom is 0.186 e. The molecule has 1 aromatic heterocycles. The van der Waals surface area contributed by atoms with Crippen molar-refractivity contribution in [3.05, 3.63) is 20.8 Å². The van der Waals surface area contributed by atoms with Crippen LogP contribution in [0.1, 0.15) is 29.9 Å². The van der Waals surface area contributed by atoms with Gasteiger partial charge in [-0.05, 0) is 41.0 Å². The van der Waals surface area contributed by atoms with E-state index < -0.39 is 0 Å². The summed E-state index contributed by atoms with van der Waals surface area (Å²) < 4.78 is 1.01. The molecule has 2 nitrogen and oxygen atoms in total. The minimum atomic E-state index is 0.210. The molecule has 0 aliphatic carbocycles. The Kier molecular flexibility index (Phi) is 5.66. The number of thiophene rings is 1. The van der Waals surface area contributed by atoms with E-state index in [-0.39, 0.29) is 5.78 Å². The molecule has 0 saturated heterocycles. The first-order chi connectivity index (χ1) is 7.52. The van der Waals surface area contributed by atoms with E-state index in [0.717, 1.165) is 21.6 Å². The molecule has 90 valence electrons. The number of carbonyl (C=O) groups excluding carboxylic acids is 1. The van der Waals surface area contributed by atoms with E-state index in [1.165, 1.54) is 11.3 Å². The molecule has 1 atom stereocenters. The molecule has 0 N–H and O–H groups in total. The first kappa shape index (κ1) is 13.9. The van der Waals surface area contributed by atoms with Crippen molar-refractivity contribution in [2.45, 2.75) is 20.3 Å². The van der Waals surface area contributed by atoms with E-state index in [9.17, 15) is 4.79 Å². The van der Waals surface area contributed by atoms with E-state index in [1.807, 2.05) is 19.2 Å². The van der Waals surface area contributed by atoms with Crippen molar-refractivity contribution in [1.82, 2.24) is 4.90 Å². The van der Waals surface area contributed by atoms with Crippen molar-refractivity contribution in [2.24, 2.45) is 5.92 Å². The maximum atomic E-state index is 11.9.